The van der Waals surface area contributed by atoms with Crippen LogP contribution >= 0.6 is 46.4 Å². The van der Waals surface area contributed by atoms with E-state index in [1.54, 1.807) is 0 Å². The predicted molar refractivity (Wildman–Crippen MR) is 114 cm³/mol. The van der Waals surface area contributed by atoms with Gasteiger partial charge in [0.15, 0.2) is 4.75 Å². The van der Waals surface area contributed by atoms with Gasteiger partial charge in [-0.2, -0.15) is 8.42 Å². The third kappa shape index (κ3) is 3.44. The zero-order chi connectivity index (χ0) is 21.6. The quantitative estimate of drug-likeness (QED) is 0.311. The summed E-state index contributed by atoms with van der Waals surface area (Å²) in [5.74, 6) is -1.18. The second-order valence-corrected chi connectivity index (χ2v) is 9.21. The Morgan fingerprint density at radius 3 is 1.24 bits per heavy atom. The summed E-state index contributed by atoms with van der Waals surface area (Å²) >= 11 is 25.2. The van der Waals surface area contributed by atoms with Crippen LogP contribution in [0.3, 0.4) is 0 Å². The number of aromatic hydroxyl groups is 2. The molecular weight excluding hydrogens is 482 g/mol. The van der Waals surface area contributed by atoms with E-state index in [2.05, 4.69) is 0 Å². The lowest BCUT2D eigenvalue weighted by Crippen LogP contribution is -2.39. The van der Waals surface area contributed by atoms with Crippen LogP contribution in [0, 0.1) is 0 Å². The van der Waals surface area contributed by atoms with Crippen molar-refractivity contribution in [3.8, 4) is 11.5 Å². The molecule has 0 aliphatic carbocycles. The van der Waals surface area contributed by atoms with Gasteiger partial charge in [-0.3, -0.25) is 4.55 Å². The van der Waals surface area contributed by atoms with Gasteiger partial charge in [0.2, 0.25) is 0 Å². The van der Waals surface area contributed by atoms with Crippen molar-refractivity contribution in [2.45, 2.75) is 4.75 Å². The summed E-state index contributed by atoms with van der Waals surface area (Å²) in [4.78, 5) is 0. The third-order valence-electron chi connectivity index (χ3n) is 4.39. The predicted octanol–water partition coefficient (Wildman–Crippen LogP) is 5.89. The van der Waals surface area contributed by atoms with E-state index < -0.39 is 37.5 Å². The molecule has 0 saturated heterocycles. The van der Waals surface area contributed by atoms with Gasteiger partial charge in [0.05, 0.1) is 0 Å². The largest absolute Gasteiger partial charge is 0.508 e. The minimum absolute atomic E-state index is 0.172. The van der Waals surface area contributed by atoms with E-state index in [1.807, 2.05) is 0 Å². The maximum Gasteiger partial charge on any atom is 0.284 e. The van der Waals surface area contributed by atoms with E-state index in [0.717, 1.165) is 0 Å². The molecule has 3 rings (SSSR count). The lowest BCUT2D eigenvalue weighted by molar-refractivity contribution is 0.428. The molecule has 0 heterocycles. The van der Waals surface area contributed by atoms with E-state index in [4.69, 9.17) is 46.4 Å². The van der Waals surface area contributed by atoms with Crippen LogP contribution in [0.2, 0.25) is 20.1 Å². The van der Waals surface area contributed by atoms with Gasteiger partial charge in [0.25, 0.3) is 10.1 Å². The maximum atomic E-state index is 13.1. The monoisotopic (exact) mass is 492 g/mol. The van der Waals surface area contributed by atoms with Gasteiger partial charge in [0, 0.05) is 36.8 Å². The van der Waals surface area contributed by atoms with E-state index in [1.165, 1.54) is 54.6 Å². The van der Waals surface area contributed by atoms with Crippen LogP contribution in [-0.2, 0) is 14.9 Å². The standard InChI is InChI=1S/C19H12Cl4O5S/c20-10-4-1-5-11(21)16(10)19(29(26,27)28,17-12(22)6-2-8-14(17)24)18-13(23)7-3-9-15(18)25/h1-9,24-25H,(H,26,27,28). The Morgan fingerprint density at radius 1 is 0.621 bits per heavy atom. The second kappa shape index (κ2) is 7.87. The second-order valence-electron chi connectivity index (χ2n) is 6.02. The fourth-order valence-corrected chi connectivity index (χ4v) is 6.27. The van der Waals surface area contributed by atoms with Crippen LogP contribution in [0.15, 0.2) is 54.6 Å². The van der Waals surface area contributed by atoms with Gasteiger partial charge < -0.3 is 10.2 Å². The molecule has 3 aromatic rings. The maximum absolute atomic E-state index is 13.1. The smallest absolute Gasteiger partial charge is 0.284 e. The SMILES string of the molecule is O=S(=O)(O)C(c1c(O)cccc1Cl)(c1c(O)cccc1Cl)c1c(Cl)cccc1Cl. The van der Waals surface area contributed by atoms with E-state index in [0.29, 0.717) is 0 Å². The first-order valence-electron chi connectivity index (χ1n) is 7.91. The van der Waals surface area contributed by atoms with Crippen LogP contribution in [0.1, 0.15) is 16.7 Å². The number of phenols is 2. The van der Waals surface area contributed by atoms with Gasteiger partial charge >= 0.3 is 0 Å². The molecule has 10 heteroatoms. The normalized spacial score (nSPS) is 12.2. The van der Waals surface area contributed by atoms with Crippen molar-refractivity contribution in [2.75, 3.05) is 0 Å². The molecule has 0 radical (unpaired) electrons. The Morgan fingerprint density at radius 2 is 0.931 bits per heavy atom. The van der Waals surface area contributed by atoms with Crippen molar-refractivity contribution in [1.29, 1.82) is 0 Å². The molecule has 3 N–H and O–H groups in total. The lowest BCUT2D eigenvalue weighted by Gasteiger charge is -2.35. The Labute approximate surface area is 186 Å². The van der Waals surface area contributed by atoms with Crippen molar-refractivity contribution in [3.63, 3.8) is 0 Å². The summed E-state index contributed by atoms with van der Waals surface area (Å²) in [5, 5.41) is 20.4. The third-order valence-corrected chi connectivity index (χ3v) is 7.04. The Bertz CT molecular complexity index is 1030. The number of benzene rings is 3. The highest BCUT2D eigenvalue weighted by Gasteiger charge is 2.55. The van der Waals surface area contributed by atoms with Gasteiger partial charge in [-0.05, 0) is 36.4 Å². The van der Waals surface area contributed by atoms with Crippen molar-refractivity contribution in [3.05, 3.63) is 91.4 Å². The van der Waals surface area contributed by atoms with Crippen LogP contribution in [0.5, 0.6) is 11.5 Å². The van der Waals surface area contributed by atoms with Crippen LogP contribution in [0.25, 0.3) is 0 Å². The summed E-state index contributed by atoms with van der Waals surface area (Å²) in [6.07, 6.45) is 0. The average molecular weight is 494 g/mol. The molecule has 0 spiro atoms. The van der Waals surface area contributed by atoms with Crippen LogP contribution in [0.4, 0.5) is 0 Å². The molecule has 0 aromatic heterocycles. The number of hydrogen-bond donors (Lipinski definition) is 3. The molecule has 0 atom stereocenters. The molecule has 0 saturated carbocycles. The zero-order valence-corrected chi connectivity index (χ0v) is 18.1. The summed E-state index contributed by atoms with van der Waals surface area (Å²) in [5.41, 5.74) is -1.28. The molecule has 152 valence electrons. The number of phenolic OH excluding ortho intramolecular Hbond substituents is 2. The average Bonchev–Trinajstić information content (AvgIpc) is 2.59. The van der Waals surface area contributed by atoms with E-state index >= 15 is 0 Å². The molecule has 5 nitrogen and oxygen atoms in total. The molecule has 0 unspecified atom stereocenters. The minimum Gasteiger partial charge on any atom is -0.508 e. The van der Waals surface area contributed by atoms with Gasteiger partial charge in [-0.15, -0.1) is 0 Å². The molecule has 0 amide bonds. The van der Waals surface area contributed by atoms with Crippen molar-refractivity contribution >= 4 is 56.5 Å². The van der Waals surface area contributed by atoms with Crippen molar-refractivity contribution in [2.24, 2.45) is 0 Å². The van der Waals surface area contributed by atoms with Crippen molar-refractivity contribution in [1.82, 2.24) is 0 Å². The van der Waals surface area contributed by atoms with Gasteiger partial charge in [-0.1, -0.05) is 64.6 Å². The van der Waals surface area contributed by atoms with Crippen LogP contribution < -0.4 is 0 Å². The zero-order valence-electron chi connectivity index (χ0n) is 14.3. The highest BCUT2D eigenvalue weighted by Crippen LogP contribution is 2.56. The highest BCUT2D eigenvalue weighted by atomic mass is 35.5. The lowest BCUT2D eigenvalue weighted by atomic mass is 9.82. The molecule has 0 aliphatic heterocycles. The summed E-state index contributed by atoms with van der Waals surface area (Å²) in [7, 11) is -5.28. The molecule has 29 heavy (non-hydrogen) atoms. The molecule has 0 fully saturated rings. The first-order valence-corrected chi connectivity index (χ1v) is 10.9. The highest BCUT2D eigenvalue weighted by molar-refractivity contribution is 7.87. The molecular formula is C19H12Cl4O5S. The molecule has 0 bridgehead atoms. The fraction of sp³-hybridized carbons (Fsp3) is 0.0526. The van der Waals surface area contributed by atoms with Gasteiger partial charge in [0.1, 0.15) is 11.5 Å². The number of halogens is 4. The van der Waals surface area contributed by atoms with E-state index in [-0.39, 0.29) is 25.7 Å². The van der Waals surface area contributed by atoms with Gasteiger partial charge in [-0.25, -0.2) is 0 Å². The Balaban J connectivity index is 2.76. The Kier molecular flexibility index (Phi) is 5.98. The summed E-state index contributed by atoms with van der Waals surface area (Å²) in [6.45, 7) is 0. The summed E-state index contributed by atoms with van der Waals surface area (Å²) in [6, 6.07) is 11.8. The fourth-order valence-electron chi connectivity index (χ4n) is 3.32. The molecule has 0 aliphatic rings. The number of hydrogen-bond acceptors (Lipinski definition) is 4. The number of rotatable bonds is 4. The topological polar surface area (TPSA) is 94.8 Å². The van der Waals surface area contributed by atoms with E-state index in [9.17, 15) is 23.2 Å². The minimum atomic E-state index is -5.28. The first kappa shape index (κ1) is 22.0. The molecule has 3 aromatic carbocycles. The Hall–Kier alpha value is -1.67. The first-order chi connectivity index (χ1) is 13.5. The summed E-state index contributed by atoms with van der Waals surface area (Å²) < 4.78 is 33.9. The van der Waals surface area contributed by atoms with Crippen molar-refractivity contribution < 1.29 is 23.2 Å². The van der Waals surface area contributed by atoms with Crippen LogP contribution in [-0.4, -0.2) is 23.2 Å².